The van der Waals surface area contributed by atoms with E-state index in [1.54, 1.807) is 0 Å². The van der Waals surface area contributed by atoms with Gasteiger partial charge in [-0.15, -0.1) is 11.8 Å². The molecule has 0 bridgehead atoms. The fourth-order valence-corrected chi connectivity index (χ4v) is 6.56. The Kier molecular flexibility index (Phi) is 4.02. The van der Waals surface area contributed by atoms with Crippen molar-refractivity contribution in [2.45, 2.75) is 42.4 Å². The summed E-state index contributed by atoms with van der Waals surface area (Å²) in [7, 11) is 0. The van der Waals surface area contributed by atoms with Crippen LogP contribution in [0.3, 0.4) is 0 Å². The van der Waals surface area contributed by atoms with Crippen molar-refractivity contribution in [3.05, 3.63) is 101 Å². The van der Waals surface area contributed by atoms with Crippen LogP contribution in [0.5, 0.6) is 0 Å². The van der Waals surface area contributed by atoms with Gasteiger partial charge in [0.15, 0.2) is 12.7 Å². The molecule has 0 saturated carbocycles. The smallest absolute Gasteiger partial charge is 0.194 e. The number of aromatic nitrogens is 1. The summed E-state index contributed by atoms with van der Waals surface area (Å²) in [6.45, 7) is 3.26. The molecule has 1 nitrogen and oxygen atoms in total. The monoisotopic (exact) mass is 394 g/mol. The van der Waals surface area contributed by atoms with Crippen molar-refractivity contribution in [3.8, 4) is 11.3 Å². The number of allylic oxidation sites excluding steroid dienone is 3. The summed E-state index contributed by atoms with van der Waals surface area (Å²) in [5.41, 5.74) is 9.99. The first kappa shape index (κ1) is 17.3. The molecular weight excluding hydrogens is 370 g/mol. The lowest BCUT2D eigenvalue weighted by atomic mass is 9.86. The number of fused-ring (bicyclic) bond motifs is 7. The predicted octanol–water partition coefficient (Wildman–Crippen LogP) is 6.17. The molecule has 2 unspecified atom stereocenters. The molecule has 2 atom stereocenters. The van der Waals surface area contributed by atoms with Crippen molar-refractivity contribution in [2.75, 3.05) is 0 Å². The molecule has 0 N–H and O–H groups in total. The highest BCUT2D eigenvalue weighted by Crippen LogP contribution is 2.54. The number of benzene rings is 2. The van der Waals surface area contributed by atoms with E-state index in [9.17, 15) is 0 Å². The van der Waals surface area contributed by atoms with Crippen LogP contribution in [-0.4, -0.2) is 5.25 Å². The fourth-order valence-electron chi connectivity index (χ4n) is 5.00. The van der Waals surface area contributed by atoms with Crippen molar-refractivity contribution in [1.29, 1.82) is 0 Å². The van der Waals surface area contributed by atoms with E-state index in [4.69, 9.17) is 0 Å². The molecule has 0 fully saturated rings. The van der Waals surface area contributed by atoms with Gasteiger partial charge in [-0.2, -0.15) is 4.57 Å². The van der Waals surface area contributed by atoms with Crippen molar-refractivity contribution >= 4 is 17.3 Å². The maximum atomic E-state index is 2.48. The van der Waals surface area contributed by atoms with E-state index in [0.29, 0.717) is 11.2 Å². The number of aryl methyl sites for hydroxylation is 1. The third-order valence-corrected chi connectivity index (χ3v) is 7.79. The molecular formula is C27H24NS+. The van der Waals surface area contributed by atoms with Crippen molar-refractivity contribution in [1.82, 2.24) is 0 Å². The van der Waals surface area contributed by atoms with Crippen molar-refractivity contribution in [2.24, 2.45) is 0 Å². The van der Waals surface area contributed by atoms with Crippen molar-refractivity contribution in [3.63, 3.8) is 0 Å². The summed E-state index contributed by atoms with van der Waals surface area (Å²) in [4.78, 5) is 1.51. The molecule has 0 spiro atoms. The minimum Gasteiger partial charge on any atom is -0.194 e. The minimum atomic E-state index is 0.487. The van der Waals surface area contributed by atoms with Gasteiger partial charge in [0.05, 0.1) is 5.56 Å². The average molecular weight is 395 g/mol. The predicted molar refractivity (Wildman–Crippen MR) is 121 cm³/mol. The quantitative estimate of drug-likeness (QED) is 0.376. The van der Waals surface area contributed by atoms with E-state index < -0.39 is 0 Å². The molecule has 3 aromatic rings. The number of nitrogens with zero attached hydrogens (tertiary/aromatic N) is 1. The van der Waals surface area contributed by atoms with E-state index in [2.05, 4.69) is 102 Å². The van der Waals surface area contributed by atoms with Gasteiger partial charge in [-0.05, 0) is 28.7 Å². The van der Waals surface area contributed by atoms with E-state index in [-0.39, 0.29) is 0 Å². The van der Waals surface area contributed by atoms with Gasteiger partial charge in [0.2, 0.25) is 5.69 Å². The summed E-state index contributed by atoms with van der Waals surface area (Å²) in [5.74, 6) is 0.487. The van der Waals surface area contributed by atoms with Gasteiger partial charge in [0.25, 0.3) is 0 Å². The lowest BCUT2D eigenvalue weighted by Crippen LogP contribution is -2.31. The highest BCUT2D eigenvalue weighted by atomic mass is 32.2. The first-order chi connectivity index (χ1) is 14.3. The number of pyridine rings is 1. The van der Waals surface area contributed by atoms with Crippen LogP contribution in [0.25, 0.3) is 16.8 Å². The minimum absolute atomic E-state index is 0.487. The SMILES string of the molecule is CCCc1cc[n+]2c(c1)-c1c(ccc3c1SC1C=C(c4ccccc4)C=CC31)C2. The second-order valence-corrected chi connectivity index (χ2v) is 9.46. The second-order valence-electron chi connectivity index (χ2n) is 8.27. The van der Waals surface area contributed by atoms with Gasteiger partial charge < -0.3 is 0 Å². The lowest BCUT2D eigenvalue weighted by Gasteiger charge is -2.19. The molecule has 0 radical (unpaired) electrons. The topological polar surface area (TPSA) is 3.88 Å². The Morgan fingerprint density at radius 3 is 2.83 bits per heavy atom. The molecule has 29 heavy (non-hydrogen) atoms. The molecule has 142 valence electrons. The highest BCUT2D eigenvalue weighted by Gasteiger charge is 2.39. The highest BCUT2D eigenvalue weighted by molar-refractivity contribution is 8.00. The molecule has 3 aliphatic rings. The number of rotatable bonds is 3. The first-order valence-corrected chi connectivity index (χ1v) is 11.5. The summed E-state index contributed by atoms with van der Waals surface area (Å²) >= 11 is 2.07. The Morgan fingerprint density at radius 2 is 1.97 bits per heavy atom. The van der Waals surface area contributed by atoms with E-state index in [1.807, 2.05) is 0 Å². The molecule has 0 amide bonds. The summed E-state index contributed by atoms with van der Waals surface area (Å²) in [6.07, 6.45) is 11.9. The zero-order chi connectivity index (χ0) is 19.4. The molecule has 1 aromatic heterocycles. The number of hydrogen-bond acceptors (Lipinski definition) is 1. The van der Waals surface area contributed by atoms with Crippen LogP contribution < -0.4 is 4.57 Å². The third kappa shape index (κ3) is 2.73. The van der Waals surface area contributed by atoms with Crippen molar-refractivity contribution < 1.29 is 4.57 Å². The van der Waals surface area contributed by atoms with Gasteiger partial charge >= 0.3 is 0 Å². The van der Waals surface area contributed by atoms with Gasteiger partial charge in [0, 0.05) is 33.8 Å². The zero-order valence-corrected chi connectivity index (χ0v) is 17.5. The van der Waals surface area contributed by atoms with E-state index in [1.165, 1.54) is 50.4 Å². The number of hydrogen-bond donors (Lipinski definition) is 0. The van der Waals surface area contributed by atoms with Crippen LogP contribution in [0.4, 0.5) is 0 Å². The molecule has 3 heterocycles. The Balaban J connectivity index is 1.42. The molecule has 2 aromatic carbocycles. The Hall–Kier alpha value is -2.58. The summed E-state index contributed by atoms with van der Waals surface area (Å²) in [5, 5.41) is 0.490. The maximum Gasteiger partial charge on any atom is 0.214 e. The zero-order valence-electron chi connectivity index (χ0n) is 16.6. The third-order valence-electron chi connectivity index (χ3n) is 6.41. The number of thioether (sulfide) groups is 1. The normalized spacial score (nSPS) is 20.7. The summed E-state index contributed by atoms with van der Waals surface area (Å²) in [6, 6.07) is 20.2. The van der Waals surface area contributed by atoms with Crippen LogP contribution in [0.1, 0.15) is 41.5 Å². The van der Waals surface area contributed by atoms with Crippen LogP contribution in [0, 0.1) is 0 Å². The molecule has 0 saturated heterocycles. The van der Waals surface area contributed by atoms with Crippen LogP contribution in [-0.2, 0) is 13.0 Å². The Bertz CT molecular complexity index is 1170. The lowest BCUT2D eigenvalue weighted by molar-refractivity contribution is -0.672. The maximum absolute atomic E-state index is 2.48. The molecule has 2 aliphatic heterocycles. The van der Waals surface area contributed by atoms with Gasteiger partial charge in [-0.3, -0.25) is 0 Å². The summed E-state index contributed by atoms with van der Waals surface area (Å²) < 4.78 is 2.42. The molecule has 2 heteroatoms. The van der Waals surface area contributed by atoms with Crippen LogP contribution >= 0.6 is 11.8 Å². The standard InChI is InChI=1S/C27H24NS/c1-2-6-18-13-14-28-17-21-10-12-23-22-11-9-20(19-7-4-3-5-8-19)16-25(22)29-27(23)26(21)24(28)15-18/h3-5,7-16,22,25H,2,6,17H2,1H3/q+1. The largest absolute Gasteiger partial charge is 0.214 e. The first-order valence-electron chi connectivity index (χ1n) is 10.6. The average Bonchev–Trinajstić information content (AvgIpc) is 3.31. The van der Waals surface area contributed by atoms with Gasteiger partial charge in [0.1, 0.15) is 0 Å². The van der Waals surface area contributed by atoms with Gasteiger partial charge in [-0.1, -0.05) is 74.0 Å². The van der Waals surface area contributed by atoms with Gasteiger partial charge in [-0.25, -0.2) is 0 Å². The van der Waals surface area contributed by atoms with Crippen LogP contribution in [0.15, 0.2) is 83.9 Å². The van der Waals surface area contributed by atoms with Crippen LogP contribution in [0.2, 0.25) is 0 Å². The second kappa shape index (κ2) is 6.74. The Morgan fingerprint density at radius 1 is 1.07 bits per heavy atom. The van der Waals surface area contributed by atoms with E-state index >= 15 is 0 Å². The van der Waals surface area contributed by atoms with E-state index in [0.717, 1.165) is 13.0 Å². The fraction of sp³-hybridized carbons (Fsp3) is 0.222. The molecule has 1 aliphatic carbocycles. The molecule has 6 rings (SSSR count). The Labute approximate surface area is 176 Å².